The van der Waals surface area contributed by atoms with E-state index < -0.39 is 5.72 Å². The van der Waals surface area contributed by atoms with Crippen LogP contribution in [-0.2, 0) is 0 Å². The van der Waals surface area contributed by atoms with Crippen molar-refractivity contribution in [2.75, 3.05) is 0 Å². The van der Waals surface area contributed by atoms with E-state index in [1.807, 2.05) is 32.9 Å². The van der Waals surface area contributed by atoms with Gasteiger partial charge in [-0.2, -0.15) is 0 Å². The summed E-state index contributed by atoms with van der Waals surface area (Å²) in [6.07, 6.45) is 7.70. The van der Waals surface area contributed by atoms with Crippen molar-refractivity contribution in [3.05, 3.63) is 29.2 Å². The Morgan fingerprint density at radius 2 is 2.14 bits per heavy atom. The highest BCUT2D eigenvalue weighted by Gasteiger charge is 2.44. The van der Waals surface area contributed by atoms with E-state index in [0.717, 1.165) is 6.42 Å². The molecule has 1 aliphatic rings. The third-order valence-electron chi connectivity index (χ3n) is 3.11. The quantitative estimate of drug-likeness (QED) is 0.704. The molecular formula is C11H17NO2. The predicted molar refractivity (Wildman–Crippen MR) is 56.6 cm³/mol. The van der Waals surface area contributed by atoms with Crippen LogP contribution in [0.5, 0.6) is 0 Å². The standard InChI is InChI=1S/C11H17NO2/c1-4-10(2,3)9-7-5-6-8-11(9,13)12-14/h5-9,13H,4H2,1-3H3. The van der Waals surface area contributed by atoms with Crippen LogP contribution in [0.1, 0.15) is 27.2 Å². The minimum Gasteiger partial charge on any atom is -0.363 e. The predicted octanol–water partition coefficient (Wildman–Crippen LogP) is 2.62. The van der Waals surface area contributed by atoms with Gasteiger partial charge in [-0.25, -0.2) is 0 Å². The Morgan fingerprint density at radius 3 is 2.64 bits per heavy atom. The van der Waals surface area contributed by atoms with Gasteiger partial charge in [0.2, 0.25) is 5.72 Å². The number of aliphatic hydroxyl groups is 1. The van der Waals surface area contributed by atoms with E-state index in [0.29, 0.717) is 0 Å². The highest BCUT2D eigenvalue weighted by atomic mass is 16.4. The molecule has 0 aliphatic heterocycles. The topological polar surface area (TPSA) is 49.7 Å². The molecule has 3 nitrogen and oxygen atoms in total. The lowest BCUT2D eigenvalue weighted by Crippen LogP contribution is -2.42. The molecule has 0 bridgehead atoms. The van der Waals surface area contributed by atoms with Gasteiger partial charge in [0.05, 0.1) is 0 Å². The maximum absolute atomic E-state index is 10.7. The van der Waals surface area contributed by atoms with Gasteiger partial charge in [0.15, 0.2) is 0 Å². The van der Waals surface area contributed by atoms with Crippen molar-refractivity contribution in [3.63, 3.8) is 0 Å². The van der Waals surface area contributed by atoms with Gasteiger partial charge in [0, 0.05) is 5.92 Å². The van der Waals surface area contributed by atoms with E-state index >= 15 is 0 Å². The summed E-state index contributed by atoms with van der Waals surface area (Å²) in [5.74, 6) is -0.248. The van der Waals surface area contributed by atoms with Gasteiger partial charge in [0.1, 0.15) is 0 Å². The second kappa shape index (κ2) is 3.65. The van der Waals surface area contributed by atoms with Crippen LogP contribution in [0.3, 0.4) is 0 Å². The monoisotopic (exact) mass is 195 g/mol. The van der Waals surface area contributed by atoms with Gasteiger partial charge < -0.3 is 5.11 Å². The SMILES string of the molecule is CCC(C)(C)C1C=CC=CC1(O)N=O. The number of nitroso groups, excluding NO2 is 1. The average Bonchev–Trinajstić information content (AvgIpc) is 2.18. The summed E-state index contributed by atoms with van der Waals surface area (Å²) < 4.78 is 0. The van der Waals surface area contributed by atoms with Gasteiger partial charge in [0.25, 0.3) is 0 Å². The number of allylic oxidation sites excluding steroid dienone is 2. The van der Waals surface area contributed by atoms with Crippen LogP contribution in [0.25, 0.3) is 0 Å². The Bertz CT molecular complexity index is 281. The van der Waals surface area contributed by atoms with Crippen molar-refractivity contribution in [1.29, 1.82) is 0 Å². The van der Waals surface area contributed by atoms with Crippen LogP contribution in [-0.4, -0.2) is 10.8 Å². The molecule has 78 valence electrons. The van der Waals surface area contributed by atoms with Crippen LogP contribution in [0.2, 0.25) is 0 Å². The maximum Gasteiger partial charge on any atom is 0.223 e. The molecule has 0 radical (unpaired) electrons. The molecule has 0 aromatic heterocycles. The van der Waals surface area contributed by atoms with Crippen molar-refractivity contribution >= 4 is 0 Å². The molecule has 2 atom stereocenters. The van der Waals surface area contributed by atoms with Crippen molar-refractivity contribution in [2.24, 2.45) is 16.5 Å². The van der Waals surface area contributed by atoms with E-state index in [4.69, 9.17) is 0 Å². The second-order valence-corrected chi connectivity index (χ2v) is 4.44. The van der Waals surface area contributed by atoms with E-state index in [-0.39, 0.29) is 11.3 Å². The van der Waals surface area contributed by atoms with Gasteiger partial charge in [-0.05, 0) is 16.7 Å². The average molecular weight is 195 g/mol. The molecule has 14 heavy (non-hydrogen) atoms. The Hall–Kier alpha value is -0.960. The zero-order valence-electron chi connectivity index (χ0n) is 8.90. The summed E-state index contributed by atoms with van der Waals surface area (Å²) in [5, 5.41) is 12.8. The third kappa shape index (κ3) is 1.77. The van der Waals surface area contributed by atoms with Gasteiger partial charge in [-0.3, -0.25) is 0 Å². The first-order chi connectivity index (χ1) is 6.46. The fourth-order valence-electron chi connectivity index (χ4n) is 1.76. The van der Waals surface area contributed by atoms with Crippen LogP contribution < -0.4 is 0 Å². The lowest BCUT2D eigenvalue weighted by atomic mass is 9.70. The van der Waals surface area contributed by atoms with Crippen molar-refractivity contribution in [1.82, 2.24) is 0 Å². The largest absolute Gasteiger partial charge is 0.363 e. The van der Waals surface area contributed by atoms with Gasteiger partial charge >= 0.3 is 0 Å². The van der Waals surface area contributed by atoms with Gasteiger partial charge in [-0.15, -0.1) is 4.91 Å². The van der Waals surface area contributed by atoms with Crippen LogP contribution >= 0.6 is 0 Å². The molecule has 0 aromatic carbocycles. The van der Waals surface area contributed by atoms with E-state index in [1.54, 1.807) is 6.08 Å². The molecule has 0 saturated heterocycles. The minimum atomic E-state index is -1.58. The second-order valence-electron chi connectivity index (χ2n) is 4.44. The smallest absolute Gasteiger partial charge is 0.223 e. The molecule has 0 heterocycles. The fraction of sp³-hybridized carbons (Fsp3) is 0.636. The zero-order valence-corrected chi connectivity index (χ0v) is 8.90. The molecule has 0 fully saturated rings. The Morgan fingerprint density at radius 1 is 1.50 bits per heavy atom. The highest BCUT2D eigenvalue weighted by Crippen LogP contribution is 2.41. The van der Waals surface area contributed by atoms with E-state index in [9.17, 15) is 10.0 Å². The molecule has 2 unspecified atom stereocenters. The molecular weight excluding hydrogens is 178 g/mol. The molecule has 1 aliphatic carbocycles. The van der Waals surface area contributed by atoms with Crippen molar-refractivity contribution in [3.8, 4) is 0 Å². The van der Waals surface area contributed by atoms with Gasteiger partial charge in [-0.1, -0.05) is 45.4 Å². The molecule has 1 rings (SSSR count). The fourth-order valence-corrected chi connectivity index (χ4v) is 1.76. The summed E-state index contributed by atoms with van der Waals surface area (Å²) in [5.41, 5.74) is -1.71. The molecule has 0 saturated carbocycles. The van der Waals surface area contributed by atoms with Crippen molar-refractivity contribution in [2.45, 2.75) is 32.9 Å². The van der Waals surface area contributed by atoms with Crippen LogP contribution in [0, 0.1) is 16.2 Å². The highest BCUT2D eigenvalue weighted by molar-refractivity contribution is 5.22. The number of hydrogen-bond donors (Lipinski definition) is 1. The molecule has 0 amide bonds. The first kappa shape index (κ1) is 11.1. The Balaban J connectivity index is 3.03. The summed E-state index contributed by atoms with van der Waals surface area (Å²) in [6.45, 7) is 6.09. The molecule has 1 N–H and O–H groups in total. The van der Waals surface area contributed by atoms with Crippen LogP contribution in [0.4, 0.5) is 0 Å². The lowest BCUT2D eigenvalue weighted by Gasteiger charge is -2.38. The lowest BCUT2D eigenvalue weighted by molar-refractivity contribution is -0.00131. The maximum atomic E-state index is 10.7. The Labute approximate surface area is 84.5 Å². The zero-order chi connectivity index (χ0) is 10.8. The molecule has 0 spiro atoms. The van der Waals surface area contributed by atoms with E-state index in [2.05, 4.69) is 5.18 Å². The Kier molecular flexibility index (Phi) is 2.90. The summed E-state index contributed by atoms with van der Waals surface area (Å²) in [6, 6.07) is 0. The summed E-state index contributed by atoms with van der Waals surface area (Å²) >= 11 is 0. The summed E-state index contributed by atoms with van der Waals surface area (Å²) in [4.78, 5) is 10.7. The normalized spacial score (nSPS) is 31.9. The molecule has 3 heteroatoms. The van der Waals surface area contributed by atoms with Crippen molar-refractivity contribution < 1.29 is 5.11 Å². The first-order valence-corrected chi connectivity index (χ1v) is 4.89. The minimum absolute atomic E-state index is 0.135. The number of hydrogen-bond acceptors (Lipinski definition) is 3. The number of rotatable bonds is 3. The number of nitrogens with zero attached hydrogens (tertiary/aromatic N) is 1. The van der Waals surface area contributed by atoms with E-state index in [1.165, 1.54) is 6.08 Å². The summed E-state index contributed by atoms with van der Waals surface area (Å²) in [7, 11) is 0. The third-order valence-corrected chi connectivity index (χ3v) is 3.11. The first-order valence-electron chi connectivity index (χ1n) is 4.89. The van der Waals surface area contributed by atoms with Crippen LogP contribution in [0.15, 0.2) is 29.5 Å². The molecule has 0 aromatic rings.